The number of amides is 1. The summed E-state index contributed by atoms with van der Waals surface area (Å²) in [7, 11) is 0. The Hall–Kier alpha value is -2.43. The first-order valence-corrected chi connectivity index (χ1v) is 8.40. The molecule has 0 spiro atoms. The highest BCUT2D eigenvalue weighted by atomic mass is 16.4. The third-order valence-electron chi connectivity index (χ3n) is 5.66. The number of para-hydroxylation sites is 1. The number of benzene rings is 1. The molecule has 4 rings (SSSR count). The van der Waals surface area contributed by atoms with Crippen molar-refractivity contribution in [1.82, 2.24) is 9.88 Å². The van der Waals surface area contributed by atoms with E-state index in [2.05, 4.69) is 4.98 Å². The van der Waals surface area contributed by atoms with Crippen LogP contribution in [-0.2, 0) is 4.79 Å². The lowest BCUT2D eigenvalue weighted by atomic mass is 9.81. The zero-order valence-electron chi connectivity index (χ0n) is 13.7. The van der Waals surface area contributed by atoms with Crippen molar-refractivity contribution in [2.75, 3.05) is 13.1 Å². The molecule has 2 fully saturated rings. The van der Waals surface area contributed by atoms with Crippen molar-refractivity contribution in [3.05, 3.63) is 41.6 Å². The number of fused-ring (bicyclic) bond motifs is 2. The van der Waals surface area contributed by atoms with Gasteiger partial charge in [-0.25, -0.2) is 0 Å². The monoisotopic (exact) mass is 324 g/mol. The Labute approximate surface area is 140 Å². The van der Waals surface area contributed by atoms with E-state index in [1.807, 2.05) is 37.3 Å². The van der Waals surface area contributed by atoms with E-state index in [1.54, 1.807) is 4.90 Å². The number of carbonyl (C=O) groups excluding carboxylic acids is 1. The molecular formula is C19H20N2O3. The van der Waals surface area contributed by atoms with Crippen LogP contribution >= 0.6 is 0 Å². The Kier molecular flexibility index (Phi) is 3.34. The normalized spacial score (nSPS) is 25.9. The Morgan fingerprint density at radius 1 is 1.33 bits per heavy atom. The zero-order chi connectivity index (χ0) is 16.9. The molecular weight excluding hydrogens is 304 g/mol. The SMILES string of the molecule is Cc1cc(C(=O)N2C[C@@H]3CCC[C@@]3(C(=O)O)C2)c2ccccc2n1. The molecule has 1 amide bonds. The van der Waals surface area contributed by atoms with Gasteiger partial charge in [-0.2, -0.15) is 0 Å². The van der Waals surface area contributed by atoms with Gasteiger partial charge in [-0.15, -0.1) is 0 Å². The lowest BCUT2D eigenvalue weighted by molar-refractivity contribution is -0.149. The molecule has 5 heteroatoms. The van der Waals surface area contributed by atoms with E-state index in [9.17, 15) is 14.7 Å². The Morgan fingerprint density at radius 2 is 2.12 bits per heavy atom. The Bertz CT molecular complexity index is 848. The molecule has 124 valence electrons. The molecule has 0 unspecified atom stereocenters. The van der Waals surface area contributed by atoms with Crippen molar-refractivity contribution in [3.63, 3.8) is 0 Å². The van der Waals surface area contributed by atoms with Gasteiger partial charge in [0.15, 0.2) is 0 Å². The summed E-state index contributed by atoms with van der Waals surface area (Å²) in [6, 6.07) is 9.41. The van der Waals surface area contributed by atoms with E-state index < -0.39 is 11.4 Å². The third-order valence-corrected chi connectivity index (χ3v) is 5.66. The summed E-state index contributed by atoms with van der Waals surface area (Å²) in [5.74, 6) is -0.754. The second-order valence-electron chi connectivity index (χ2n) is 7.06. The quantitative estimate of drug-likeness (QED) is 0.922. The molecule has 1 saturated carbocycles. The summed E-state index contributed by atoms with van der Waals surface area (Å²) < 4.78 is 0. The topological polar surface area (TPSA) is 70.5 Å². The highest BCUT2D eigenvalue weighted by Gasteiger charge is 2.55. The van der Waals surface area contributed by atoms with Crippen LogP contribution in [0.15, 0.2) is 30.3 Å². The maximum absolute atomic E-state index is 13.1. The fourth-order valence-electron chi connectivity index (χ4n) is 4.45. The number of aromatic nitrogens is 1. The van der Waals surface area contributed by atoms with Gasteiger partial charge < -0.3 is 10.0 Å². The molecule has 1 aliphatic carbocycles. The molecule has 2 aliphatic rings. The molecule has 1 saturated heterocycles. The lowest BCUT2D eigenvalue weighted by Gasteiger charge is -2.23. The van der Waals surface area contributed by atoms with Crippen LogP contribution in [0.4, 0.5) is 0 Å². The fourth-order valence-corrected chi connectivity index (χ4v) is 4.45. The van der Waals surface area contributed by atoms with Crippen LogP contribution in [0.3, 0.4) is 0 Å². The molecule has 5 nitrogen and oxygen atoms in total. The maximum atomic E-state index is 13.1. The minimum absolute atomic E-state index is 0.0770. The number of likely N-dealkylation sites (tertiary alicyclic amines) is 1. The van der Waals surface area contributed by atoms with Crippen LogP contribution < -0.4 is 0 Å². The van der Waals surface area contributed by atoms with Gasteiger partial charge >= 0.3 is 5.97 Å². The van der Waals surface area contributed by atoms with E-state index in [0.29, 0.717) is 25.1 Å². The van der Waals surface area contributed by atoms with E-state index in [0.717, 1.165) is 29.4 Å². The largest absolute Gasteiger partial charge is 0.481 e. The fraction of sp³-hybridized carbons (Fsp3) is 0.421. The summed E-state index contributed by atoms with van der Waals surface area (Å²) in [6.45, 7) is 2.74. The first kappa shape index (κ1) is 15.1. The summed E-state index contributed by atoms with van der Waals surface area (Å²) in [4.78, 5) is 31.2. The summed E-state index contributed by atoms with van der Waals surface area (Å²) in [5, 5.41) is 10.5. The number of carboxylic acid groups (broad SMARTS) is 1. The third kappa shape index (κ3) is 2.11. The van der Waals surface area contributed by atoms with Gasteiger partial charge in [0.25, 0.3) is 5.91 Å². The highest BCUT2D eigenvalue weighted by molar-refractivity contribution is 6.06. The molecule has 1 aromatic heterocycles. The average molecular weight is 324 g/mol. The number of hydrogen-bond donors (Lipinski definition) is 1. The number of hydrogen-bond acceptors (Lipinski definition) is 3. The van der Waals surface area contributed by atoms with Crippen molar-refractivity contribution < 1.29 is 14.7 Å². The molecule has 2 atom stereocenters. The highest BCUT2D eigenvalue weighted by Crippen LogP contribution is 2.49. The van der Waals surface area contributed by atoms with Gasteiger partial charge in [-0.1, -0.05) is 24.6 Å². The smallest absolute Gasteiger partial charge is 0.311 e. The second kappa shape index (κ2) is 5.30. The van der Waals surface area contributed by atoms with Gasteiger partial charge in [0, 0.05) is 24.2 Å². The molecule has 1 aromatic carbocycles. The van der Waals surface area contributed by atoms with Crippen LogP contribution in [0, 0.1) is 18.3 Å². The summed E-state index contributed by atoms with van der Waals surface area (Å²) in [6.07, 6.45) is 2.51. The van der Waals surface area contributed by atoms with Crippen molar-refractivity contribution in [2.24, 2.45) is 11.3 Å². The molecule has 0 bridgehead atoms. The van der Waals surface area contributed by atoms with Gasteiger partial charge in [0.1, 0.15) is 0 Å². The average Bonchev–Trinajstić information content (AvgIpc) is 3.11. The van der Waals surface area contributed by atoms with Crippen molar-refractivity contribution in [3.8, 4) is 0 Å². The van der Waals surface area contributed by atoms with Crippen LogP contribution in [-0.4, -0.2) is 40.0 Å². The van der Waals surface area contributed by atoms with E-state index in [1.165, 1.54) is 0 Å². The Morgan fingerprint density at radius 3 is 2.88 bits per heavy atom. The van der Waals surface area contributed by atoms with Crippen LogP contribution in [0.2, 0.25) is 0 Å². The van der Waals surface area contributed by atoms with Gasteiger partial charge in [-0.3, -0.25) is 14.6 Å². The summed E-state index contributed by atoms with van der Waals surface area (Å²) in [5.41, 5.74) is 1.48. The molecule has 24 heavy (non-hydrogen) atoms. The molecule has 1 aliphatic heterocycles. The first-order chi connectivity index (χ1) is 11.5. The van der Waals surface area contributed by atoms with Gasteiger partial charge in [-0.05, 0) is 37.8 Å². The predicted octanol–water partition coefficient (Wildman–Crippen LogP) is 2.87. The Balaban J connectivity index is 1.72. The minimum atomic E-state index is -0.754. The standard InChI is InChI=1S/C19H20N2O3/c1-12-9-15(14-6-2-3-7-16(14)20-12)17(22)21-10-13-5-4-8-19(13,11-21)18(23)24/h2-3,6-7,9,13H,4-5,8,10-11H2,1H3,(H,23,24)/t13-,19+/m0/s1. The minimum Gasteiger partial charge on any atom is -0.481 e. The number of carbonyl (C=O) groups is 2. The lowest BCUT2D eigenvalue weighted by Crippen LogP contribution is -2.37. The van der Waals surface area contributed by atoms with Crippen LogP contribution in [0.25, 0.3) is 10.9 Å². The van der Waals surface area contributed by atoms with Crippen molar-refractivity contribution in [2.45, 2.75) is 26.2 Å². The van der Waals surface area contributed by atoms with Crippen LogP contribution in [0.5, 0.6) is 0 Å². The van der Waals surface area contributed by atoms with E-state index >= 15 is 0 Å². The number of nitrogens with zero attached hydrogens (tertiary/aromatic N) is 2. The number of pyridine rings is 1. The number of rotatable bonds is 2. The number of carboxylic acids is 1. The van der Waals surface area contributed by atoms with Crippen molar-refractivity contribution >= 4 is 22.8 Å². The van der Waals surface area contributed by atoms with Gasteiger partial charge in [0.05, 0.1) is 16.5 Å². The van der Waals surface area contributed by atoms with Crippen molar-refractivity contribution in [1.29, 1.82) is 0 Å². The van der Waals surface area contributed by atoms with Crippen LogP contribution in [0.1, 0.15) is 35.3 Å². The molecule has 2 aromatic rings. The first-order valence-electron chi connectivity index (χ1n) is 8.40. The molecule has 1 N–H and O–H groups in total. The zero-order valence-corrected chi connectivity index (χ0v) is 13.7. The molecule has 2 heterocycles. The second-order valence-corrected chi connectivity index (χ2v) is 7.06. The van der Waals surface area contributed by atoms with E-state index in [4.69, 9.17) is 0 Å². The maximum Gasteiger partial charge on any atom is 0.311 e. The summed E-state index contributed by atoms with van der Waals surface area (Å²) >= 11 is 0. The van der Waals surface area contributed by atoms with Gasteiger partial charge in [0.2, 0.25) is 0 Å². The number of aliphatic carboxylic acids is 1. The number of aryl methyl sites for hydroxylation is 1. The predicted molar refractivity (Wildman–Crippen MR) is 89.8 cm³/mol. The molecule has 0 radical (unpaired) electrons. The van der Waals surface area contributed by atoms with E-state index in [-0.39, 0.29) is 11.8 Å².